The highest BCUT2D eigenvalue weighted by Gasteiger charge is 2.19. The molecule has 5 heteroatoms. The summed E-state index contributed by atoms with van der Waals surface area (Å²) in [6, 6.07) is 11.6. The number of benzene rings is 2. The van der Waals surface area contributed by atoms with E-state index in [0.29, 0.717) is 5.75 Å². The van der Waals surface area contributed by atoms with Crippen LogP contribution in [0.2, 0.25) is 0 Å². The van der Waals surface area contributed by atoms with Crippen molar-refractivity contribution in [2.24, 2.45) is 0 Å². The van der Waals surface area contributed by atoms with Crippen molar-refractivity contribution in [1.82, 2.24) is 5.32 Å². The molecule has 2 rings (SSSR count). The van der Waals surface area contributed by atoms with Crippen molar-refractivity contribution < 1.29 is 18.3 Å². The molecule has 0 aromatic heterocycles. The zero-order chi connectivity index (χ0) is 16.1. The molecule has 0 heterocycles. The number of carbonyl (C=O) groups is 1. The van der Waals surface area contributed by atoms with Gasteiger partial charge in [-0.05, 0) is 32.0 Å². The molecule has 1 N–H and O–H groups in total. The fourth-order valence-corrected chi connectivity index (χ4v) is 2.02. The van der Waals surface area contributed by atoms with Crippen molar-refractivity contribution >= 4 is 5.91 Å². The summed E-state index contributed by atoms with van der Waals surface area (Å²) in [6.45, 7) is 3.24. The molecule has 0 fully saturated rings. The number of rotatable bonds is 5. The molecule has 2 aromatic rings. The third-order valence-corrected chi connectivity index (χ3v) is 3.21. The molecule has 2 aromatic carbocycles. The first kappa shape index (κ1) is 15.9. The van der Waals surface area contributed by atoms with Crippen LogP contribution in [0.25, 0.3) is 0 Å². The van der Waals surface area contributed by atoms with Crippen LogP contribution in [0, 0.1) is 11.6 Å². The standard InChI is InChI=1S/C17H17F2NO2/c1-11(15-9-8-13(18)10-16(15)19)20-17(21)12(2)22-14-6-4-3-5-7-14/h3-12H,1-2H3,(H,20,21). The van der Waals surface area contributed by atoms with E-state index in [2.05, 4.69) is 5.32 Å². The summed E-state index contributed by atoms with van der Waals surface area (Å²) in [5.74, 6) is -1.14. The second-order valence-corrected chi connectivity index (χ2v) is 4.97. The summed E-state index contributed by atoms with van der Waals surface area (Å²) in [5, 5.41) is 2.65. The monoisotopic (exact) mass is 305 g/mol. The molecule has 0 radical (unpaired) electrons. The predicted octanol–water partition coefficient (Wildman–Crippen LogP) is 3.61. The van der Waals surface area contributed by atoms with Gasteiger partial charge in [0.25, 0.3) is 5.91 Å². The summed E-state index contributed by atoms with van der Waals surface area (Å²) in [5.41, 5.74) is 0.224. The van der Waals surface area contributed by atoms with Gasteiger partial charge in [0.1, 0.15) is 17.4 Å². The lowest BCUT2D eigenvalue weighted by Gasteiger charge is -2.19. The minimum atomic E-state index is -0.728. The van der Waals surface area contributed by atoms with Gasteiger partial charge in [-0.25, -0.2) is 8.78 Å². The van der Waals surface area contributed by atoms with Crippen molar-refractivity contribution in [1.29, 1.82) is 0 Å². The number of ether oxygens (including phenoxy) is 1. The Morgan fingerprint density at radius 1 is 1.09 bits per heavy atom. The summed E-state index contributed by atoms with van der Waals surface area (Å²) in [6.07, 6.45) is -0.728. The predicted molar refractivity (Wildman–Crippen MR) is 79.4 cm³/mol. The van der Waals surface area contributed by atoms with Gasteiger partial charge in [-0.2, -0.15) is 0 Å². The van der Waals surface area contributed by atoms with E-state index in [-0.39, 0.29) is 11.5 Å². The van der Waals surface area contributed by atoms with Crippen LogP contribution in [-0.4, -0.2) is 12.0 Å². The van der Waals surface area contributed by atoms with E-state index in [1.807, 2.05) is 6.07 Å². The molecule has 0 aliphatic heterocycles. The second-order valence-electron chi connectivity index (χ2n) is 4.97. The Bertz CT molecular complexity index is 646. The Morgan fingerprint density at radius 3 is 2.41 bits per heavy atom. The molecule has 0 bridgehead atoms. The zero-order valence-electron chi connectivity index (χ0n) is 12.3. The average Bonchev–Trinajstić information content (AvgIpc) is 2.47. The number of hydrogen-bond donors (Lipinski definition) is 1. The molecule has 0 aliphatic rings. The number of halogens is 2. The maximum atomic E-state index is 13.7. The molecule has 3 nitrogen and oxygen atoms in total. The molecule has 0 saturated carbocycles. The van der Waals surface area contributed by atoms with E-state index in [9.17, 15) is 13.6 Å². The van der Waals surface area contributed by atoms with Gasteiger partial charge in [-0.1, -0.05) is 24.3 Å². The van der Waals surface area contributed by atoms with E-state index in [1.165, 1.54) is 6.07 Å². The van der Waals surface area contributed by atoms with E-state index in [4.69, 9.17) is 4.74 Å². The summed E-state index contributed by atoms with van der Waals surface area (Å²) in [4.78, 5) is 12.1. The van der Waals surface area contributed by atoms with Crippen LogP contribution in [0.15, 0.2) is 48.5 Å². The summed E-state index contributed by atoms with van der Waals surface area (Å²) in [7, 11) is 0. The Kier molecular flexibility index (Phi) is 5.09. The fraction of sp³-hybridized carbons (Fsp3) is 0.235. The Morgan fingerprint density at radius 2 is 1.77 bits per heavy atom. The fourth-order valence-electron chi connectivity index (χ4n) is 2.02. The van der Waals surface area contributed by atoms with Gasteiger partial charge >= 0.3 is 0 Å². The quantitative estimate of drug-likeness (QED) is 0.916. The summed E-state index contributed by atoms with van der Waals surface area (Å²) >= 11 is 0. The first-order valence-corrected chi connectivity index (χ1v) is 6.94. The van der Waals surface area contributed by atoms with Crippen molar-refractivity contribution in [3.05, 3.63) is 65.7 Å². The van der Waals surface area contributed by atoms with E-state index < -0.39 is 23.8 Å². The lowest BCUT2D eigenvalue weighted by Crippen LogP contribution is -2.38. The minimum absolute atomic E-state index is 0.224. The van der Waals surface area contributed by atoms with Gasteiger partial charge in [0.05, 0.1) is 6.04 Å². The molecular weight excluding hydrogens is 288 g/mol. The highest BCUT2D eigenvalue weighted by molar-refractivity contribution is 5.81. The molecule has 0 spiro atoms. The molecule has 22 heavy (non-hydrogen) atoms. The number of para-hydroxylation sites is 1. The SMILES string of the molecule is CC(Oc1ccccc1)C(=O)NC(C)c1ccc(F)cc1F. The lowest BCUT2D eigenvalue weighted by atomic mass is 10.1. The lowest BCUT2D eigenvalue weighted by molar-refractivity contribution is -0.127. The molecule has 2 unspecified atom stereocenters. The van der Waals surface area contributed by atoms with Crippen LogP contribution in [0.5, 0.6) is 5.75 Å². The first-order valence-electron chi connectivity index (χ1n) is 6.94. The Labute approximate surface area is 127 Å². The van der Waals surface area contributed by atoms with Crippen molar-refractivity contribution in [2.45, 2.75) is 26.0 Å². The highest BCUT2D eigenvalue weighted by Crippen LogP contribution is 2.18. The topological polar surface area (TPSA) is 38.3 Å². The van der Waals surface area contributed by atoms with Crippen LogP contribution in [0.3, 0.4) is 0 Å². The molecule has 0 aliphatic carbocycles. The van der Waals surface area contributed by atoms with Gasteiger partial charge in [0.2, 0.25) is 0 Å². The largest absolute Gasteiger partial charge is 0.481 e. The third kappa shape index (κ3) is 4.04. The van der Waals surface area contributed by atoms with Crippen molar-refractivity contribution in [2.75, 3.05) is 0 Å². The zero-order valence-corrected chi connectivity index (χ0v) is 12.3. The number of nitrogens with one attached hydrogen (secondary N) is 1. The maximum absolute atomic E-state index is 13.7. The molecule has 0 saturated heterocycles. The van der Waals surface area contributed by atoms with Crippen molar-refractivity contribution in [3.63, 3.8) is 0 Å². The minimum Gasteiger partial charge on any atom is -0.481 e. The highest BCUT2D eigenvalue weighted by atomic mass is 19.1. The third-order valence-electron chi connectivity index (χ3n) is 3.21. The Balaban J connectivity index is 1.98. The van der Waals surface area contributed by atoms with Crippen molar-refractivity contribution in [3.8, 4) is 5.75 Å². The van der Waals surface area contributed by atoms with E-state index in [1.54, 1.807) is 38.1 Å². The van der Waals surface area contributed by atoms with Gasteiger partial charge in [-0.3, -0.25) is 4.79 Å². The number of hydrogen-bond acceptors (Lipinski definition) is 2. The number of amides is 1. The number of carbonyl (C=O) groups excluding carboxylic acids is 1. The smallest absolute Gasteiger partial charge is 0.261 e. The summed E-state index contributed by atoms with van der Waals surface area (Å²) < 4.78 is 32.1. The van der Waals surface area contributed by atoms with Gasteiger partial charge < -0.3 is 10.1 Å². The molecule has 116 valence electrons. The molecule has 2 atom stereocenters. The van der Waals surface area contributed by atoms with Gasteiger partial charge in [-0.15, -0.1) is 0 Å². The van der Waals surface area contributed by atoms with Gasteiger partial charge in [0, 0.05) is 11.6 Å². The Hall–Kier alpha value is -2.43. The molecular formula is C17H17F2NO2. The van der Waals surface area contributed by atoms with Crippen LogP contribution in [0.1, 0.15) is 25.5 Å². The van der Waals surface area contributed by atoms with E-state index in [0.717, 1.165) is 12.1 Å². The maximum Gasteiger partial charge on any atom is 0.261 e. The van der Waals surface area contributed by atoms with Crippen LogP contribution < -0.4 is 10.1 Å². The average molecular weight is 305 g/mol. The van der Waals surface area contributed by atoms with Gasteiger partial charge in [0.15, 0.2) is 6.10 Å². The van der Waals surface area contributed by atoms with Crippen LogP contribution in [0.4, 0.5) is 8.78 Å². The first-order chi connectivity index (χ1) is 10.5. The second kappa shape index (κ2) is 7.02. The normalized spacial score (nSPS) is 13.3. The van der Waals surface area contributed by atoms with Crippen LogP contribution >= 0.6 is 0 Å². The molecule has 1 amide bonds. The van der Waals surface area contributed by atoms with Crippen LogP contribution in [-0.2, 0) is 4.79 Å². The van der Waals surface area contributed by atoms with E-state index >= 15 is 0 Å².